The number of fused-ring (bicyclic) bond motifs is 1. The van der Waals surface area contributed by atoms with Crippen LogP contribution in [0.2, 0.25) is 0 Å². The Morgan fingerprint density at radius 2 is 1.89 bits per heavy atom. The first kappa shape index (κ1) is 27.4. The number of aliphatic carboxylic acids is 1. The predicted octanol–water partition coefficient (Wildman–Crippen LogP) is 3.53. The molecule has 8 heteroatoms. The van der Waals surface area contributed by atoms with E-state index in [9.17, 15) is 19.5 Å². The van der Waals surface area contributed by atoms with E-state index in [1.165, 1.54) is 0 Å². The molecule has 2 fully saturated rings. The molecule has 3 aliphatic heterocycles. The monoisotopic (exact) mass is 513 g/mol. The fraction of sp³-hybridized carbons (Fsp3) is 0.690. The van der Waals surface area contributed by atoms with E-state index in [-0.39, 0.29) is 30.3 Å². The van der Waals surface area contributed by atoms with Crippen LogP contribution < -0.4 is 4.74 Å². The van der Waals surface area contributed by atoms with Gasteiger partial charge in [0.05, 0.1) is 19.1 Å². The van der Waals surface area contributed by atoms with E-state index < -0.39 is 11.9 Å². The average Bonchev–Trinajstić information content (AvgIpc) is 3.60. The number of carbonyl (C=O) groups excluding carboxylic acids is 2. The van der Waals surface area contributed by atoms with E-state index in [2.05, 4.69) is 24.8 Å². The van der Waals surface area contributed by atoms with Crippen molar-refractivity contribution in [3.63, 3.8) is 0 Å². The van der Waals surface area contributed by atoms with Gasteiger partial charge in [0.15, 0.2) is 0 Å². The number of unbranched alkanes of at least 4 members (excludes halogenated alkanes) is 2. The number of ether oxygens (including phenoxy) is 1. The zero-order chi connectivity index (χ0) is 26.4. The van der Waals surface area contributed by atoms with Crippen LogP contribution in [0.5, 0.6) is 5.75 Å². The van der Waals surface area contributed by atoms with Gasteiger partial charge in [-0.25, -0.2) is 0 Å². The minimum atomic E-state index is -0.830. The highest BCUT2D eigenvalue weighted by molar-refractivity contribution is 5.79. The number of nitrogens with zero attached hydrogens (tertiary/aromatic N) is 3. The minimum absolute atomic E-state index is 0.0799. The summed E-state index contributed by atoms with van der Waals surface area (Å²) >= 11 is 0. The SMILES string of the molecule is CCCCN(CCCC)C(=O)CN1C[C@H](c2ccc3c(c2)CCO3)[C@H](C(=O)O)[C@H]1CCN1CCCC1=O. The van der Waals surface area contributed by atoms with Crippen molar-refractivity contribution in [2.45, 2.75) is 77.2 Å². The number of carboxylic acid groups (broad SMARTS) is 1. The summed E-state index contributed by atoms with van der Waals surface area (Å²) in [6.45, 7) is 8.42. The van der Waals surface area contributed by atoms with Crippen molar-refractivity contribution in [3.8, 4) is 5.75 Å². The van der Waals surface area contributed by atoms with Crippen molar-refractivity contribution in [2.24, 2.45) is 5.92 Å². The molecular weight excluding hydrogens is 470 g/mol. The molecule has 0 unspecified atom stereocenters. The summed E-state index contributed by atoms with van der Waals surface area (Å²) in [5.74, 6) is -0.569. The molecule has 8 nitrogen and oxygen atoms in total. The second-order valence-corrected chi connectivity index (χ2v) is 10.8. The standard InChI is InChI=1S/C29H43N3O5/c1-3-5-13-30(14-6-4-2)27(34)20-32-19-23(21-9-10-25-22(18-21)12-17-37-25)28(29(35)36)24(32)11-16-31-15-7-8-26(31)33/h9-10,18,23-24,28H,3-8,11-17,19-20H2,1-2H3,(H,35,36)/t23-,24-,28+/m1/s1. The lowest BCUT2D eigenvalue weighted by molar-refractivity contribution is -0.144. The molecule has 3 heterocycles. The molecule has 0 radical (unpaired) electrons. The van der Waals surface area contributed by atoms with Gasteiger partial charge >= 0.3 is 5.97 Å². The molecule has 37 heavy (non-hydrogen) atoms. The minimum Gasteiger partial charge on any atom is -0.493 e. The van der Waals surface area contributed by atoms with Crippen molar-refractivity contribution >= 4 is 17.8 Å². The first-order valence-electron chi connectivity index (χ1n) is 14.2. The summed E-state index contributed by atoms with van der Waals surface area (Å²) in [5, 5.41) is 10.4. The van der Waals surface area contributed by atoms with Gasteiger partial charge in [-0.3, -0.25) is 19.3 Å². The van der Waals surface area contributed by atoms with Gasteiger partial charge in [0.2, 0.25) is 11.8 Å². The molecule has 0 spiro atoms. The maximum Gasteiger partial charge on any atom is 0.308 e. The summed E-state index contributed by atoms with van der Waals surface area (Å²) in [5.41, 5.74) is 2.13. The Hall–Kier alpha value is -2.61. The molecule has 4 rings (SSSR count). The first-order valence-corrected chi connectivity index (χ1v) is 14.2. The van der Waals surface area contributed by atoms with Gasteiger partial charge in [0.1, 0.15) is 5.75 Å². The van der Waals surface area contributed by atoms with Crippen LogP contribution in [0, 0.1) is 5.92 Å². The van der Waals surface area contributed by atoms with Crippen molar-refractivity contribution in [1.82, 2.24) is 14.7 Å². The number of amides is 2. The molecular formula is C29H43N3O5. The van der Waals surface area contributed by atoms with Gasteiger partial charge in [-0.15, -0.1) is 0 Å². The topological polar surface area (TPSA) is 90.4 Å². The number of rotatable bonds is 13. The Kier molecular flexibility index (Phi) is 9.46. The maximum atomic E-state index is 13.5. The van der Waals surface area contributed by atoms with Crippen LogP contribution >= 0.6 is 0 Å². The van der Waals surface area contributed by atoms with Gasteiger partial charge in [0.25, 0.3) is 0 Å². The van der Waals surface area contributed by atoms with Crippen molar-refractivity contribution in [3.05, 3.63) is 29.3 Å². The van der Waals surface area contributed by atoms with Crippen molar-refractivity contribution in [2.75, 3.05) is 45.9 Å². The highest BCUT2D eigenvalue weighted by Gasteiger charge is 2.47. The Bertz CT molecular complexity index is 959. The van der Waals surface area contributed by atoms with Crippen molar-refractivity contribution < 1.29 is 24.2 Å². The molecule has 2 amide bonds. The summed E-state index contributed by atoms with van der Waals surface area (Å²) < 4.78 is 5.67. The van der Waals surface area contributed by atoms with Gasteiger partial charge in [0, 0.05) is 57.5 Å². The second-order valence-electron chi connectivity index (χ2n) is 10.8. The molecule has 3 atom stereocenters. The Morgan fingerprint density at radius 1 is 1.14 bits per heavy atom. The molecule has 1 aromatic carbocycles. The molecule has 0 aliphatic carbocycles. The zero-order valence-electron chi connectivity index (χ0n) is 22.5. The number of likely N-dealkylation sites (tertiary alicyclic amines) is 2. The predicted molar refractivity (Wildman–Crippen MR) is 142 cm³/mol. The number of hydrogen-bond donors (Lipinski definition) is 1. The lowest BCUT2D eigenvalue weighted by atomic mass is 9.83. The maximum absolute atomic E-state index is 13.5. The molecule has 1 aromatic rings. The lowest BCUT2D eigenvalue weighted by Crippen LogP contribution is -2.45. The third-order valence-corrected chi connectivity index (χ3v) is 8.30. The van der Waals surface area contributed by atoms with Crippen LogP contribution in [0.25, 0.3) is 0 Å². The largest absolute Gasteiger partial charge is 0.493 e. The lowest BCUT2D eigenvalue weighted by Gasteiger charge is -2.30. The Balaban J connectivity index is 1.57. The molecule has 3 aliphatic rings. The molecule has 2 saturated heterocycles. The number of carbonyl (C=O) groups is 3. The van der Waals surface area contributed by atoms with E-state index in [4.69, 9.17) is 4.74 Å². The normalized spacial score (nSPS) is 23.4. The molecule has 0 saturated carbocycles. The number of benzene rings is 1. The van der Waals surface area contributed by atoms with Crippen LogP contribution in [0.15, 0.2) is 18.2 Å². The summed E-state index contributed by atoms with van der Waals surface area (Å²) in [6.07, 6.45) is 6.80. The smallest absolute Gasteiger partial charge is 0.308 e. The summed E-state index contributed by atoms with van der Waals surface area (Å²) in [7, 11) is 0. The zero-order valence-corrected chi connectivity index (χ0v) is 22.5. The van der Waals surface area contributed by atoms with Gasteiger partial charge < -0.3 is 19.6 Å². The van der Waals surface area contributed by atoms with E-state index in [1.807, 2.05) is 21.9 Å². The molecule has 1 N–H and O–H groups in total. The molecule has 204 valence electrons. The third kappa shape index (κ3) is 6.46. The quantitative estimate of drug-likeness (QED) is 0.434. The van der Waals surface area contributed by atoms with Gasteiger partial charge in [-0.1, -0.05) is 38.8 Å². The average molecular weight is 514 g/mol. The molecule has 0 bridgehead atoms. The van der Waals surface area contributed by atoms with Crippen LogP contribution in [0.3, 0.4) is 0 Å². The van der Waals surface area contributed by atoms with Crippen LogP contribution in [-0.4, -0.2) is 89.5 Å². The fourth-order valence-electron chi connectivity index (χ4n) is 6.19. The van der Waals surface area contributed by atoms with Crippen LogP contribution in [0.1, 0.15) is 75.8 Å². The highest BCUT2D eigenvalue weighted by atomic mass is 16.5. The molecule has 0 aromatic heterocycles. The number of hydrogen-bond acceptors (Lipinski definition) is 5. The summed E-state index contributed by atoms with van der Waals surface area (Å²) in [6, 6.07) is 5.75. The van der Waals surface area contributed by atoms with E-state index in [0.717, 1.165) is 75.0 Å². The van der Waals surface area contributed by atoms with Crippen LogP contribution in [0.4, 0.5) is 0 Å². The number of carboxylic acids is 1. The van der Waals surface area contributed by atoms with Crippen molar-refractivity contribution in [1.29, 1.82) is 0 Å². The van der Waals surface area contributed by atoms with Gasteiger partial charge in [-0.05, 0) is 42.9 Å². The van der Waals surface area contributed by atoms with Crippen LogP contribution in [-0.2, 0) is 20.8 Å². The summed E-state index contributed by atoms with van der Waals surface area (Å²) in [4.78, 5) is 44.4. The fourth-order valence-corrected chi connectivity index (χ4v) is 6.19. The van der Waals surface area contributed by atoms with E-state index in [0.29, 0.717) is 32.5 Å². The van der Waals surface area contributed by atoms with E-state index in [1.54, 1.807) is 0 Å². The van der Waals surface area contributed by atoms with Gasteiger partial charge in [-0.2, -0.15) is 0 Å². The second kappa shape index (κ2) is 12.8. The third-order valence-electron chi connectivity index (χ3n) is 8.30. The Morgan fingerprint density at radius 3 is 2.54 bits per heavy atom. The van der Waals surface area contributed by atoms with E-state index >= 15 is 0 Å². The first-order chi connectivity index (χ1) is 17.9. The Labute approximate surface area is 220 Å². The highest BCUT2D eigenvalue weighted by Crippen LogP contribution is 2.41.